The van der Waals surface area contributed by atoms with Crippen LogP contribution in [0.4, 0.5) is 11.4 Å². The van der Waals surface area contributed by atoms with Crippen LogP contribution in [-0.4, -0.2) is 17.2 Å². The van der Waals surface area contributed by atoms with Gasteiger partial charge >= 0.3 is 0 Å². The van der Waals surface area contributed by atoms with E-state index in [0.29, 0.717) is 32.0 Å². The van der Waals surface area contributed by atoms with Crippen LogP contribution in [0.1, 0.15) is 15.9 Å². The molecule has 0 atom stereocenters. The molecular weight excluding hydrogens is 444 g/mol. The van der Waals surface area contributed by atoms with Gasteiger partial charge in [0.2, 0.25) is 0 Å². The number of carbonyl (C=O) groups excluding carboxylic acids is 1. The van der Waals surface area contributed by atoms with E-state index in [0.717, 1.165) is 0 Å². The predicted octanol–water partition coefficient (Wildman–Crippen LogP) is 5.99. The average molecular weight is 458 g/mol. The van der Waals surface area contributed by atoms with Gasteiger partial charge in [0.15, 0.2) is 0 Å². The minimum atomic E-state index is -0.377. The second kappa shape index (κ2) is 9.25. The maximum atomic E-state index is 12.1. The number of phenols is 1. The van der Waals surface area contributed by atoms with Crippen LogP contribution < -0.4 is 5.43 Å². The zero-order valence-electron chi connectivity index (χ0n) is 14.4. The zero-order chi connectivity index (χ0) is 19.9. The molecule has 0 heterocycles. The molecule has 28 heavy (non-hydrogen) atoms. The van der Waals surface area contributed by atoms with E-state index in [4.69, 9.17) is 11.6 Å². The Hall–Kier alpha value is -3.03. The Labute approximate surface area is 174 Å². The molecular formula is C20H14BrClN4O2. The highest BCUT2D eigenvalue weighted by Gasteiger charge is 2.08. The van der Waals surface area contributed by atoms with Gasteiger partial charge < -0.3 is 5.11 Å². The van der Waals surface area contributed by atoms with E-state index in [-0.39, 0.29) is 11.7 Å². The van der Waals surface area contributed by atoms with E-state index in [1.54, 1.807) is 48.5 Å². The van der Waals surface area contributed by atoms with Gasteiger partial charge in [-0.05, 0) is 58.4 Å². The van der Waals surface area contributed by atoms with Gasteiger partial charge in [-0.2, -0.15) is 10.2 Å². The third kappa shape index (κ3) is 5.03. The van der Waals surface area contributed by atoms with Gasteiger partial charge in [0.1, 0.15) is 11.4 Å². The van der Waals surface area contributed by atoms with Crippen molar-refractivity contribution in [2.45, 2.75) is 0 Å². The SMILES string of the molecule is O=C(N/N=C/c1cc(N=Nc2ccccc2Cl)ccc1O)c1ccccc1Br. The molecule has 0 aliphatic carbocycles. The van der Waals surface area contributed by atoms with E-state index in [1.807, 2.05) is 12.1 Å². The number of carbonyl (C=O) groups is 1. The van der Waals surface area contributed by atoms with Gasteiger partial charge in [-0.1, -0.05) is 35.9 Å². The number of nitrogens with zero attached hydrogens (tertiary/aromatic N) is 3. The Morgan fingerprint density at radius 2 is 1.79 bits per heavy atom. The summed E-state index contributed by atoms with van der Waals surface area (Å²) in [5, 5.41) is 22.6. The normalized spacial score (nSPS) is 11.2. The number of halogens is 2. The number of benzene rings is 3. The Bertz CT molecular complexity index is 1070. The van der Waals surface area contributed by atoms with Gasteiger partial charge in [-0.25, -0.2) is 5.43 Å². The highest BCUT2D eigenvalue weighted by Crippen LogP contribution is 2.27. The standard InChI is InChI=1S/C20H14BrClN4O2/c21-16-6-2-1-5-15(16)20(28)26-23-12-13-11-14(9-10-19(13)27)24-25-18-8-4-3-7-17(18)22/h1-12,27H,(H,26,28)/b23-12+,25-24?. The number of aromatic hydroxyl groups is 1. The third-order valence-corrected chi connectivity index (χ3v) is 4.64. The minimum Gasteiger partial charge on any atom is -0.507 e. The lowest BCUT2D eigenvalue weighted by molar-refractivity contribution is 0.0954. The second-order valence-electron chi connectivity index (χ2n) is 5.57. The number of phenolic OH excluding ortho intramolecular Hbond substituents is 1. The summed E-state index contributed by atoms with van der Waals surface area (Å²) in [7, 11) is 0. The Morgan fingerprint density at radius 3 is 2.57 bits per heavy atom. The largest absolute Gasteiger partial charge is 0.507 e. The molecule has 2 N–H and O–H groups in total. The maximum absolute atomic E-state index is 12.1. The lowest BCUT2D eigenvalue weighted by atomic mass is 10.2. The molecule has 0 fully saturated rings. The maximum Gasteiger partial charge on any atom is 0.272 e. The van der Waals surface area contributed by atoms with Crippen LogP contribution in [0, 0.1) is 0 Å². The summed E-state index contributed by atoms with van der Waals surface area (Å²) in [4.78, 5) is 12.1. The summed E-state index contributed by atoms with van der Waals surface area (Å²) in [6.45, 7) is 0. The fourth-order valence-electron chi connectivity index (χ4n) is 2.22. The van der Waals surface area contributed by atoms with Crippen LogP contribution in [-0.2, 0) is 0 Å². The number of azo groups is 1. The van der Waals surface area contributed by atoms with Crippen molar-refractivity contribution in [3.05, 3.63) is 87.4 Å². The fourth-order valence-corrected chi connectivity index (χ4v) is 2.86. The van der Waals surface area contributed by atoms with E-state index in [9.17, 15) is 9.90 Å². The van der Waals surface area contributed by atoms with Gasteiger partial charge in [0, 0.05) is 10.0 Å². The molecule has 1 amide bonds. The Morgan fingerprint density at radius 1 is 1.04 bits per heavy atom. The van der Waals surface area contributed by atoms with Crippen molar-refractivity contribution in [1.82, 2.24) is 5.43 Å². The first-order valence-corrected chi connectivity index (χ1v) is 9.29. The summed E-state index contributed by atoms with van der Waals surface area (Å²) in [5.74, 6) is -0.381. The quantitative estimate of drug-likeness (QED) is 0.280. The van der Waals surface area contributed by atoms with E-state index < -0.39 is 0 Å². The number of hydrogen-bond acceptors (Lipinski definition) is 5. The first-order chi connectivity index (χ1) is 13.5. The molecule has 3 aromatic rings. The van der Waals surface area contributed by atoms with Crippen molar-refractivity contribution in [2.24, 2.45) is 15.3 Å². The van der Waals surface area contributed by atoms with E-state index in [2.05, 4.69) is 36.7 Å². The molecule has 0 aromatic heterocycles. The molecule has 3 rings (SSSR count). The zero-order valence-corrected chi connectivity index (χ0v) is 16.7. The van der Waals surface area contributed by atoms with Gasteiger partial charge in [-0.3, -0.25) is 4.79 Å². The molecule has 140 valence electrons. The number of rotatable bonds is 5. The first kappa shape index (κ1) is 19.7. The molecule has 0 saturated heterocycles. The van der Waals surface area contributed by atoms with Crippen LogP contribution in [0.25, 0.3) is 0 Å². The molecule has 0 saturated carbocycles. The highest BCUT2D eigenvalue weighted by molar-refractivity contribution is 9.10. The molecule has 6 nitrogen and oxygen atoms in total. The van der Waals surface area contributed by atoms with Crippen LogP contribution in [0.3, 0.4) is 0 Å². The van der Waals surface area contributed by atoms with Crippen LogP contribution in [0.15, 0.2) is 86.5 Å². The van der Waals surface area contributed by atoms with Gasteiger partial charge in [0.25, 0.3) is 5.91 Å². The van der Waals surface area contributed by atoms with Crippen molar-refractivity contribution in [2.75, 3.05) is 0 Å². The highest BCUT2D eigenvalue weighted by atomic mass is 79.9. The number of nitrogens with one attached hydrogen (secondary N) is 1. The summed E-state index contributed by atoms with van der Waals surface area (Å²) < 4.78 is 0.660. The number of hydrazone groups is 1. The smallest absolute Gasteiger partial charge is 0.272 e. The van der Waals surface area contributed by atoms with Crippen molar-refractivity contribution in [3.8, 4) is 5.75 Å². The second-order valence-corrected chi connectivity index (χ2v) is 6.84. The lowest BCUT2D eigenvalue weighted by Crippen LogP contribution is -2.18. The molecule has 0 aliphatic rings. The molecule has 0 radical (unpaired) electrons. The Kier molecular flexibility index (Phi) is 6.52. The molecule has 3 aromatic carbocycles. The van der Waals surface area contributed by atoms with Gasteiger partial charge in [0.05, 0.1) is 22.5 Å². The van der Waals surface area contributed by atoms with Crippen molar-refractivity contribution >= 4 is 51.0 Å². The molecule has 0 aliphatic heterocycles. The summed E-state index contributed by atoms with van der Waals surface area (Å²) in [6.07, 6.45) is 1.33. The molecule has 8 heteroatoms. The van der Waals surface area contributed by atoms with Crippen LogP contribution in [0.5, 0.6) is 5.75 Å². The number of amides is 1. The van der Waals surface area contributed by atoms with E-state index in [1.165, 1.54) is 12.3 Å². The molecule has 0 spiro atoms. The topological polar surface area (TPSA) is 86.4 Å². The predicted molar refractivity (Wildman–Crippen MR) is 113 cm³/mol. The van der Waals surface area contributed by atoms with Gasteiger partial charge in [-0.15, -0.1) is 5.11 Å². The molecule has 0 bridgehead atoms. The lowest BCUT2D eigenvalue weighted by Gasteiger charge is -2.03. The summed E-state index contributed by atoms with van der Waals surface area (Å²) >= 11 is 9.36. The monoisotopic (exact) mass is 456 g/mol. The fraction of sp³-hybridized carbons (Fsp3) is 0. The third-order valence-electron chi connectivity index (χ3n) is 3.62. The summed E-state index contributed by atoms with van der Waals surface area (Å²) in [6, 6.07) is 18.7. The van der Waals surface area contributed by atoms with Crippen LogP contribution in [0.2, 0.25) is 5.02 Å². The first-order valence-electron chi connectivity index (χ1n) is 8.12. The Balaban J connectivity index is 1.73. The average Bonchev–Trinajstić information content (AvgIpc) is 2.69. The summed E-state index contributed by atoms with van der Waals surface area (Å²) in [5.41, 5.74) is 4.28. The van der Waals surface area contributed by atoms with Crippen LogP contribution >= 0.6 is 27.5 Å². The molecule has 0 unspecified atom stereocenters. The van der Waals surface area contributed by atoms with Crippen molar-refractivity contribution in [1.29, 1.82) is 0 Å². The van der Waals surface area contributed by atoms with Crippen molar-refractivity contribution < 1.29 is 9.90 Å². The number of hydrogen-bond donors (Lipinski definition) is 2. The minimum absolute atomic E-state index is 0.00409. The van der Waals surface area contributed by atoms with Crippen molar-refractivity contribution in [3.63, 3.8) is 0 Å². The van der Waals surface area contributed by atoms with E-state index >= 15 is 0 Å².